The highest BCUT2D eigenvalue weighted by Gasteiger charge is 2.55. The van der Waals surface area contributed by atoms with Crippen LogP contribution in [0.15, 0.2) is 41.8 Å². The van der Waals surface area contributed by atoms with Crippen LogP contribution in [0.1, 0.15) is 5.56 Å². The Kier molecular flexibility index (Phi) is 4.42. The highest BCUT2D eigenvalue weighted by Crippen LogP contribution is 2.46. The highest BCUT2D eigenvalue weighted by molar-refractivity contribution is 8.00. The minimum Gasteiger partial charge on any atom is -0.349 e. The van der Waals surface area contributed by atoms with E-state index in [2.05, 4.69) is 16.8 Å². The Labute approximate surface area is 136 Å². The van der Waals surface area contributed by atoms with Crippen LogP contribution in [0.2, 0.25) is 0 Å². The van der Waals surface area contributed by atoms with Crippen LogP contribution in [0.25, 0.3) is 0 Å². The van der Waals surface area contributed by atoms with Crippen molar-refractivity contribution in [1.82, 2.24) is 10.2 Å². The molecule has 3 rings (SSSR count). The number of carbonyl (C=O) groups is 1. The predicted octanol–water partition coefficient (Wildman–Crippen LogP) is 3.03. The van der Waals surface area contributed by atoms with Crippen molar-refractivity contribution in [2.75, 3.05) is 13.1 Å². The smallest absolute Gasteiger partial charge is 0.349 e. The fraction of sp³-hybridized carbons (Fsp3) is 0.438. The maximum Gasteiger partial charge on any atom is 0.446 e. The van der Waals surface area contributed by atoms with Gasteiger partial charge in [-0.05, 0) is 47.4 Å². The maximum atomic E-state index is 12.3. The molecule has 3 atom stereocenters. The molecule has 1 aromatic rings. The van der Waals surface area contributed by atoms with E-state index in [0.29, 0.717) is 11.8 Å². The zero-order chi connectivity index (χ0) is 16.6. The molecular formula is C16H17F3N2OS. The molecule has 1 heterocycles. The molecule has 0 spiro atoms. The molecule has 1 amide bonds. The van der Waals surface area contributed by atoms with Crippen LogP contribution in [0, 0.1) is 11.8 Å². The second-order valence-corrected chi connectivity index (χ2v) is 7.09. The SMILES string of the molecule is C=CC(=O)N[C@H]1[C@@H]2CN(Cc3ccc(SC(F)(F)F)cc3)C[C@@H]21. The molecule has 2 aliphatic rings. The van der Waals surface area contributed by atoms with Crippen LogP contribution >= 0.6 is 11.8 Å². The summed E-state index contributed by atoms with van der Waals surface area (Å²) in [5.41, 5.74) is -3.24. The molecule has 2 fully saturated rings. The molecule has 1 N–H and O–H groups in total. The number of hydrogen-bond donors (Lipinski definition) is 1. The highest BCUT2D eigenvalue weighted by atomic mass is 32.2. The van der Waals surface area contributed by atoms with Crippen molar-refractivity contribution in [2.24, 2.45) is 11.8 Å². The summed E-state index contributed by atoms with van der Waals surface area (Å²) in [4.78, 5) is 13.8. The second-order valence-electron chi connectivity index (χ2n) is 5.95. The lowest BCUT2D eigenvalue weighted by Gasteiger charge is -2.20. The first kappa shape index (κ1) is 16.4. The number of nitrogens with zero attached hydrogens (tertiary/aromatic N) is 1. The minimum absolute atomic E-state index is 0.0942. The number of alkyl halides is 3. The van der Waals surface area contributed by atoms with Crippen molar-refractivity contribution in [3.05, 3.63) is 42.5 Å². The zero-order valence-corrected chi connectivity index (χ0v) is 13.2. The molecule has 1 aromatic carbocycles. The summed E-state index contributed by atoms with van der Waals surface area (Å²) in [6.45, 7) is 5.99. The van der Waals surface area contributed by atoms with E-state index < -0.39 is 5.51 Å². The van der Waals surface area contributed by atoms with Gasteiger partial charge < -0.3 is 5.32 Å². The summed E-state index contributed by atoms with van der Waals surface area (Å²) in [7, 11) is 0. The summed E-state index contributed by atoms with van der Waals surface area (Å²) >= 11 is -0.0942. The predicted molar refractivity (Wildman–Crippen MR) is 82.7 cm³/mol. The molecule has 1 aliphatic heterocycles. The normalized spacial score (nSPS) is 26.7. The summed E-state index contributed by atoms with van der Waals surface area (Å²) in [5.74, 6) is 0.839. The lowest BCUT2D eigenvalue weighted by molar-refractivity contribution is -0.116. The molecule has 23 heavy (non-hydrogen) atoms. The fourth-order valence-electron chi connectivity index (χ4n) is 3.23. The summed E-state index contributed by atoms with van der Waals surface area (Å²) in [5, 5.41) is 2.93. The number of amides is 1. The molecule has 1 saturated carbocycles. The lowest BCUT2D eigenvalue weighted by Crippen LogP contribution is -2.33. The number of hydrogen-bond acceptors (Lipinski definition) is 3. The van der Waals surface area contributed by atoms with E-state index in [9.17, 15) is 18.0 Å². The average Bonchev–Trinajstić information content (AvgIpc) is 2.92. The first-order valence-electron chi connectivity index (χ1n) is 7.36. The summed E-state index contributed by atoms with van der Waals surface area (Å²) in [6, 6.07) is 6.76. The van der Waals surface area contributed by atoms with E-state index in [-0.39, 0.29) is 28.6 Å². The van der Waals surface area contributed by atoms with Crippen molar-refractivity contribution >= 4 is 17.7 Å². The third-order valence-corrected chi connectivity index (χ3v) is 5.07. The Morgan fingerprint density at radius 2 is 1.91 bits per heavy atom. The topological polar surface area (TPSA) is 32.3 Å². The molecular weight excluding hydrogens is 325 g/mol. The van der Waals surface area contributed by atoms with Gasteiger partial charge in [0.25, 0.3) is 0 Å². The Bertz CT molecular complexity index is 590. The molecule has 1 aliphatic carbocycles. The second kappa shape index (κ2) is 6.20. The average molecular weight is 342 g/mol. The van der Waals surface area contributed by atoms with Crippen LogP contribution in [0.4, 0.5) is 13.2 Å². The van der Waals surface area contributed by atoms with Gasteiger partial charge in [-0.25, -0.2) is 0 Å². The van der Waals surface area contributed by atoms with Gasteiger partial charge in [0.05, 0.1) is 0 Å². The van der Waals surface area contributed by atoms with Crippen molar-refractivity contribution in [3.8, 4) is 0 Å². The number of thioether (sulfide) groups is 1. The quantitative estimate of drug-likeness (QED) is 0.659. The van der Waals surface area contributed by atoms with E-state index in [0.717, 1.165) is 25.2 Å². The number of likely N-dealkylation sites (tertiary alicyclic amines) is 1. The van der Waals surface area contributed by atoms with Crippen molar-refractivity contribution in [2.45, 2.75) is 23.0 Å². The Hall–Kier alpha value is -1.47. The van der Waals surface area contributed by atoms with E-state index in [4.69, 9.17) is 0 Å². The Balaban J connectivity index is 1.47. The molecule has 3 nitrogen and oxygen atoms in total. The van der Waals surface area contributed by atoms with Crippen LogP contribution in [0.3, 0.4) is 0 Å². The van der Waals surface area contributed by atoms with Gasteiger partial charge in [0.15, 0.2) is 0 Å². The van der Waals surface area contributed by atoms with Crippen LogP contribution in [0.5, 0.6) is 0 Å². The van der Waals surface area contributed by atoms with Crippen LogP contribution in [-0.4, -0.2) is 35.4 Å². The summed E-state index contributed by atoms with van der Waals surface area (Å²) in [6.07, 6.45) is 1.28. The van der Waals surface area contributed by atoms with Crippen LogP contribution in [-0.2, 0) is 11.3 Å². The third kappa shape index (κ3) is 4.09. The molecule has 1 saturated heterocycles. The minimum atomic E-state index is -4.25. The Morgan fingerprint density at radius 3 is 2.43 bits per heavy atom. The molecule has 0 aromatic heterocycles. The van der Waals surface area contributed by atoms with Gasteiger partial charge in [-0.2, -0.15) is 13.2 Å². The van der Waals surface area contributed by atoms with E-state index >= 15 is 0 Å². The molecule has 0 radical (unpaired) electrons. The molecule has 0 bridgehead atoms. The van der Waals surface area contributed by atoms with Gasteiger partial charge in [0.2, 0.25) is 5.91 Å². The van der Waals surface area contributed by atoms with Gasteiger partial charge in [-0.15, -0.1) is 0 Å². The molecule has 124 valence electrons. The van der Waals surface area contributed by atoms with Crippen molar-refractivity contribution in [3.63, 3.8) is 0 Å². The Morgan fingerprint density at radius 1 is 1.30 bits per heavy atom. The van der Waals surface area contributed by atoms with Gasteiger partial charge in [-0.3, -0.25) is 9.69 Å². The largest absolute Gasteiger partial charge is 0.446 e. The van der Waals surface area contributed by atoms with Crippen molar-refractivity contribution < 1.29 is 18.0 Å². The standard InChI is InChI=1S/C16H17F3N2OS/c1-2-14(22)20-15-12-8-21(9-13(12)15)7-10-3-5-11(6-4-10)23-16(17,18)19/h2-6,12-13,15H,1,7-9H2,(H,20,22)/t12-,13+,15+. The van der Waals surface area contributed by atoms with Gasteiger partial charge in [0.1, 0.15) is 0 Å². The number of piperidine rings is 1. The molecule has 0 unspecified atom stereocenters. The number of carbonyl (C=O) groups excluding carboxylic acids is 1. The van der Waals surface area contributed by atoms with Gasteiger partial charge in [0, 0.05) is 30.6 Å². The van der Waals surface area contributed by atoms with E-state index in [1.54, 1.807) is 12.1 Å². The van der Waals surface area contributed by atoms with E-state index in [1.807, 2.05) is 0 Å². The maximum absolute atomic E-state index is 12.3. The number of benzene rings is 1. The van der Waals surface area contributed by atoms with E-state index in [1.165, 1.54) is 18.2 Å². The monoisotopic (exact) mass is 342 g/mol. The number of fused-ring (bicyclic) bond motifs is 1. The van der Waals surface area contributed by atoms with Gasteiger partial charge in [-0.1, -0.05) is 18.7 Å². The first-order valence-corrected chi connectivity index (χ1v) is 8.17. The number of rotatable bonds is 5. The third-order valence-electron chi connectivity index (χ3n) is 4.33. The van der Waals surface area contributed by atoms with Crippen LogP contribution < -0.4 is 5.32 Å². The zero-order valence-electron chi connectivity index (χ0n) is 12.3. The number of halogens is 3. The number of nitrogens with one attached hydrogen (secondary N) is 1. The first-order chi connectivity index (χ1) is 10.9. The summed E-state index contributed by atoms with van der Waals surface area (Å²) < 4.78 is 36.9. The molecule has 7 heteroatoms. The van der Waals surface area contributed by atoms with Crippen molar-refractivity contribution in [1.29, 1.82) is 0 Å². The van der Waals surface area contributed by atoms with Gasteiger partial charge >= 0.3 is 5.51 Å². The fourth-order valence-corrected chi connectivity index (χ4v) is 3.77. The lowest BCUT2D eigenvalue weighted by atomic mass is 10.2.